The number of aromatic nitrogens is 3. The smallest absolute Gasteiger partial charge is 0.241 e. The molecule has 8 nitrogen and oxygen atoms in total. The van der Waals surface area contributed by atoms with Gasteiger partial charge in [0.05, 0.1) is 11.7 Å². The number of amides is 1. The van der Waals surface area contributed by atoms with E-state index in [0.717, 1.165) is 11.3 Å². The Labute approximate surface area is 172 Å². The van der Waals surface area contributed by atoms with Gasteiger partial charge in [0, 0.05) is 30.8 Å². The molecule has 1 amide bonds. The van der Waals surface area contributed by atoms with Gasteiger partial charge in [-0.1, -0.05) is 12.1 Å². The van der Waals surface area contributed by atoms with Crippen molar-refractivity contribution < 1.29 is 18.7 Å². The van der Waals surface area contributed by atoms with E-state index in [9.17, 15) is 9.18 Å². The highest BCUT2D eigenvalue weighted by molar-refractivity contribution is 5.95. The first kappa shape index (κ1) is 18.6. The maximum Gasteiger partial charge on any atom is 0.241 e. The highest BCUT2D eigenvalue weighted by Crippen LogP contribution is 2.37. The SMILES string of the molecule is O=C(Nc1ccc(-n2cncn2)cc1)[C@H]1C[C@H](F)CN1Cc1cccc2c1OCO2. The van der Waals surface area contributed by atoms with Crippen molar-refractivity contribution in [2.45, 2.75) is 25.2 Å². The summed E-state index contributed by atoms with van der Waals surface area (Å²) in [5, 5.41) is 6.97. The number of anilines is 1. The van der Waals surface area contributed by atoms with Gasteiger partial charge in [-0.3, -0.25) is 9.69 Å². The lowest BCUT2D eigenvalue weighted by molar-refractivity contribution is -0.120. The lowest BCUT2D eigenvalue weighted by Crippen LogP contribution is -2.39. The summed E-state index contributed by atoms with van der Waals surface area (Å²) in [4.78, 5) is 18.7. The summed E-state index contributed by atoms with van der Waals surface area (Å²) in [6.45, 7) is 0.788. The molecule has 1 fully saturated rings. The van der Waals surface area contributed by atoms with Crippen LogP contribution in [0.25, 0.3) is 5.69 Å². The van der Waals surface area contributed by atoms with Crippen molar-refractivity contribution in [2.24, 2.45) is 0 Å². The van der Waals surface area contributed by atoms with E-state index in [1.54, 1.807) is 23.1 Å². The fraction of sp³-hybridized carbons (Fsp3) is 0.286. The minimum absolute atomic E-state index is 0.162. The monoisotopic (exact) mass is 409 g/mol. The van der Waals surface area contributed by atoms with Crippen molar-refractivity contribution in [3.8, 4) is 17.2 Å². The molecule has 0 radical (unpaired) electrons. The molecule has 3 heterocycles. The first-order valence-electron chi connectivity index (χ1n) is 9.69. The van der Waals surface area contributed by atoms with E-state index in [1.807, 2.05) is 35.2 Å². The van der Waals surface area contributed by atoms with Crippen LogP contribution in [0.5, 0.6) is 11.5 Å². The highest BCUT2D eigenvalue weighted by atomic mass is 19.1. The zero-order valence-corrected chi connectivity index (χ0v) is 16.1. The van der Waals surface area contributed by atoms with Crippen LogP contribution in [0.3, 0.4) is 0 Å². The number of carbonyl (C=O) groups excluding carboxylic acids is 1. The predicted octanol–water partition coefficient (Wildman–Crippen LogP) is 2.55. The molecule has 1 saturated heterocycles. The van der Waals surface area contributed by atoms with E-state index in [4.69, 9.17) is 9.47 Å². The second-order valence-corrected chi connectivity index (χ2v) is 7.31. The molecule has 2 aliphatic rings. The standard InChI is InChI=1S/C21H20FN5O3/c22-15-8-18(26(10-15)9-14-2-1-3-19-20(14)30-13-29-19)21(28)25-16-4-6-17(7-5-16)27-12-23-11-24-27/h1-7,11-12,15,18H,8-10,13H2,(H,25,28)/t15-,18+/m0/s1. The zero-order chi connectivity index (χ0) is 20.5. The van der Waals surface area contributed by atoms with Crippen molar-refractivity contribution in [1.82, 2.24) is 19.7 Å². The van der Waals surface area contributed by atoms with Gasteiger partial charge in [0.15, 0.2) is 11.5 Å². The van der Waals surface area contributed by atoms with Gasteiger partial charge in [0.1, 0.15) is 18.8 Å². The van der Waals surface area contributed by atoms with Crippen LogP contribution in [0.2, 0.25) is 0 Å². The number of para-hydroxylation sites is 1. The number of rotatable bonds is 5. The third kappa shape index (κ3) is 3.59. The molecule has 2 aliphatic heterocycles. The van der Waals surface area contributed by atoms with Crippen molar-refractivity contribution in [3.05, 3.63) is 60.7 Å². The molecule has 1 aromatic heterocycles. The number of nitrogens with zero attached hydrogens (tertiary/aromatic N) is 4. The van der Waals surface area contributed by atoms with Crippen LogP contribution in [0.4, 0.5) is 10.1 Å². The van der Waals surface area contributed by atoms with Gasteiger partial charge in [0.2, 0.25) is 12.7 Å². The summed E-state index contributed by atoms with van der Waals surface area (Å²) < 4.78 is 26.8. The topological polar surface area (TPSA) is 81.5 Å². The molecule has 154 valence electrons. The van der Waals surface area contributed by atoms with E-state index in [2.05, 4.69) is 15.4 Å². The number of likely N-dealkylation sites (tertiary alicyclic amines) is 1. The first-order valence-corrected chi connectivity index (χ1v) is 9.69. The van der Waals surface area contributed by atoms with Crippen LogP contribution in [-0.2, 0) is 11.3 Å². The fourth-order valence-corrected chi connectivity index (χ4v) is 3.89. The molecule has 2 aromatic carbocycles. The zero-order valence-electron chi connectivity index (χ0n) is 16.1. The molecule has 30 heavy (non-hydrogen) atoms. The summed E-state index contributed by atoms with van der Waals surface area (Å²) >= 11 is 0. The Morgan fingerprint density at radius 1 is 1.20 bits per heavy atom. The summed E-state index contributed by atoms with van der Waals surface area (Å²) in [7, 11) is 0. The molecule has 0 saturated carbocycles. The van der Waals surface area contributed by atoms with Gasteiger partial charge in [-0.15, -0.1) is 0 Å². The van der Waals surface area contributed by atoms with Crippen LogP contribution < -0.4 is 14.8 Å². The third-order valence-corrected chi connectivity index (χ3v) is 5.32. The molecular formula is C21H20FN5O3. The quantitative estimate of drug-likeness (QED) is 0.698. The minimum Gasteiger partial charge on any atom is -0.454 e. The second kappa shape index (κ2) is 7.75. The third-order valence-electron chi connectivity index (χ3n) is 5.32. The van der Waals surface area contributed by atoms with Crippen molar-refractivity contribution in [1.29, 1.82) is 0 Å². The molecule has 2 atom stereocenters. The normalized spacial score (nSPS) is 20.4. The Bertz CT molecular complexity index is 1040. The predicted molar refractivity (Wildman–Crippen MR) is 106 cm³/mol. The first-order chi connectivity index (χ1) is 14.7. The number of hydrogen-bond donors (Lipinski definition) is 1. The Hall–Kier alpha value is -3.46. The summed E-state index contributed by atoms with van der Waals surface area (Å²) in [6.07, 6.45) is 2.16. The largest absolute Gasteiger partial charge is 0.454 e. The van der Waals surface area contributed by atoms with Gasteiger partial charge in [-0.25, -0.2) is 14.1 Å². The van der Waals surface area contributed by atoms with Crippen molar-refractivity contribution in [3.63, 3.8) is 0 Å². The summed E-state index contributed by atoms with van der Waals surface area (Å²) in [6, 6.07) is 12.3. The number of alkyl halides is 1. The molecule has 9 heteroatoms. The molecule has 1 N–H and O–H groups in total. The van der Waals surface area contributed by atoms with Crippen LogP contribution in [-0.4, -0.2) is 51.1 Å². The van der Waals surface area contributed by atoms with E-state index in [1.165, 1.54) is 6.33 Å². The van der Waals surface area contributed by atoms with Crippen LogP contribution >= 0.6 is 0 Å². The summed E-state index contributed by atoms with van der Waals surface area (Å²) in [5.41, 5.74) is 2.36. The lowest BCUT2D eigenvalue weighted by atomic mass is 10.1. The number of halogens is 1. The Morgan fingerprint density at radius 3 is 2.87 bits per heavy atom. The number of carbonyl (C=O) groups is 1. The molecule has 3 aromatic rings. The molecule has 5 rings (SSSR count). The number of fused-ring (bicyclic) bond motifs is 1. The molecular weight excluding hydrogens is 389 g/mol. The number of hydrogen-bond acceptors (Lipinski definition) is 6. The van der Waals surface area contributed by atoms with Gasteiger partial charge >= 0.3 is 0 Å². The second-order valence-electron chi connectivity index (χ2n) is 7.31. The lowest BCUT2D eigenvalue weighted by Gasteiger charge is -2.23. The number of benzene rings is 2. The number of ether oxygens (including phenoxy) is 2. The fourth-order valence-electron chi connectivity index (χ4n) is 3.89. The maximum atomic E-state index is 14.2. The van der Waals surface area contributed by atoms with E-state index in [0.29, 0.717) is 23.7 Å². The molecule has 0 bridgehead atoms. The van der Waals surface area contributed by atoms with E-state index < -0.39 is 12.2 Å². The van der Waals surface area contributed by atoms with Crippen LogP contribution in [0.1, 0.15) is 12.0 Å². The van der Waals surface area contributed by atoms with Crippen LogP contribution in [0.15, 0.2) is 55.1 Å². The maximum absolute atomic E-state index is 14.2. The Morgan fingerprint density at radius 2 is 2.07 bits per heavy atom. The minimum atomic E-state index is -1.05. The Kier molecular flexibility index (Phi) is 4.80. The van der Waals surface area contributed by atoms with Gasteiger partial charge in [-0.05, 0) is 30.3 Å². The highest BCUT2D eigenvalue weighted by Gasteiger charge is 2.37. The number of nitrogens with one attached hydrogen (secondary N) is 1. The summed E-state index contributed by atoms with van der Waals surface area (Å²) in [5.74, 6) is 1.12. The van der Waals surface area contributed by atoms with E-state index in [-0.39, 0.29) is 25.7 Å². The van der Waals surface area contributed by atoms with Gasteiger partial charge < -0.3 is 14.8 Å². The molecule has 0 unspecified atom stereocenters. The van der Waals surface area contributed by atoms with Gasteiger partial charge in [-0.2, -0.15) is 5.10 Å². The molecule has 0 aliphatic carbocycles. The molecule has 0 spiro atoms. The average Bonchev–Trinajstić information content (AvgIpc) is 3.50. The van der Waals surface area contributed by atoms with Crippen molar-refractivity contribution in [2.75, 3.05) is 18.7 Å². The van der Waals surface area contributed by atoms with Crippen molar-refractivity contribution >= 4 is 11.6 Å². The van der Waals surface area contributed by atoms with Gasteiger partial charge in [0.25, 0.3) is 0 Å². The van der Waals surface area contributed by atoms with E-state index >= 15 is 0 Å². The van der Waals surface area contributed by atoms with Crippen LogP contribution in [0, 0.1) is 0 Å². The Balaban J connectivity index is 1.29. The average molecular weight is 409 g/mol.